The van der Waals surface area contributed by atoms with E-state index in [2.05, 4.69) is 15.3 Å². The second-order valence-electron chi connectivity index (χ2n) is 6.42. The van der Waals surface area contributed by atoms with Crippen molar-refractivity contribution >= 4 is 27.9 Å². The lowest BCUT2D eigenvalue weighted by Gasteiger charge is -2.10. The van der Waals surface area contributed by atoms with Gasteiger partial charge in [-0.2, -0.15) is 0 Å². The summed E-state index contributed by atoms with van der Waals surface area (Å²) in [7, 11) is 0. The molecule has 2 aromatic heterocycles. The van der Waals surface area contributed by atoms with Gasteiger partial charge in [0.05, 0.1) is 17.2 Å². The zero-order valence-corrected chi connectivity index (χ0v) is 16.6. The number of thiophene rings is 1. The molecule has 7 heteroatoms. The van der Waals surface area contributed by atoms with Gasteiger partial charge in [-0.25, -0.2) is 18.7 Å². The zero-order chi connectivity index (χ0) is 20.2. The summed E-state index contributed by atoms with van der Waals surface area (Å²) in [6.45, 7) is 2.89. The number of rotatable bonds is 7. The van der Waals surface area contributed by atoms with E-state index in [4.69, 9.17) is 4.74 Å². The van der Waals surface area contributed by atoms with Crippen LogP contribution in [0.15, 0.2) is 54.2 Å². The van der Waals surface area contributed by atoms with Gasteiger partial charge in [-0.1, -0.05) is 24.3 Å². The van der Waals surface area contributed by atoms with E-state index in [0.717, 1.165) is 16.3 Å². The van der Waals surface area contributed by atoms with E-state index in [9.17, 15) is 8.78 Å². The Morgan fingerprint density at radius 2 is 1.97 bits per heavy atom. The van der Waals surface area contributed by atoms with Crippen LogP contribution in [0.2, 0.25) is 0 Å². The summed E-state index contributed by atoms with van der Waals surface area (Å²) < 4.78 is 34.5. The molecule has 0 bridgehead atoms. The molecule has 4 nitrogen and oxygen atoms in total. The van der Waals surface area contributed by atoms with E-state index < -0.39 is 11.6 Å². The number of aromatic nitrogens is 2. The molecule has 0 aliphatic carbocycles. The highest BCUT2D eigenvalue weighted by molar-refractivity contribution is 7.13. The van der Waals surface area contributed by atoms with Crippen molar-refractivity contribution in [3.63, 3.8) is 0 Å². The Hall–Kier alpha value is -3.06. The molecule has 0 amide bonds. The van der Waals surface area contributed by atoms with Crippen LogP contribution in [-0.4, -0.2) is 23.1 Å². The Bertz CT molecular complexity index is 1150. The van der Waals surface area contributed by atoms with Crippen LogP contribution in [0.1, 0.15) is 12.5 Å². The van der Waals surface area contributed by atoms with Crippen LogP contribution in [0, 0.1) is 11.6 Å². The highest BCUT2D eigenvalue weighted by Crippen LogP contribution is 2.30. The molecule has 2 aromatic carbocycles. The van der Waals surface area contributed by atoms with Gasteiger partial charge in [-0.3, -0.25) is 0 Å². The summed E-state index contributed by atoms with van der Waals surface area (Å²) in [5.41, 5.74) is 0.839. The van der Waals surface area contributed by atoms with Crippen molar-refractivity contribution in [2.45, 2.75) is 13.3 Å². The number of ether oxygens (including phenoxy) is 1. The highest BCUT2D eigenvalue weighted by atomic mass is 32.1. The lowest BCUT2D eigenvalue weighted by Crippen LogP contribution is -2.09. The Balaban J connectivity index is 1.47. The van der Waals surface area contributed by atoms with Crippen LogP contribution in [0.5, 0.6) is 5.75 Å². The zero-order valence-electron chi connectivity index (χ0n) is 15.8. The van der Waals surface area contributed by atoms with Gasteiger partial charge in [0.25, 0.3) is 0 Å². The smallest absolute Gasteiger partial charge is 0.137 e. The van der Waals surface area contributed by atoms with Gasteiger partial charge < -0.3 is 10.1 Å². The van der Waals surface area contributed by atoms with Crippen LogP contribution in [0.3, 0.4) is 0 Å². The normalized spacial score (nSPS) is 11.0. The molecule has 1 N–H and O–H groups in total. The first-order chi connectivity index (χ1) is 14.2. The molecule has 0 unspecified atom stereocenters. The molecule has 0 atom stereocenters. The Kier molecular flexibility index (Phi) is 5.67. The van der Waals surface area contributed by atoms with Crippen molar-refractivity contribution in [1.82, 2.24) is 9.97 Å². The van der Waals surface area contributed by atoms with Crippen molar-refractivity contribution in [1.29, 1.82) is 0 Å². The summed E-state index contributed by atoms with van der Waals surface area (Å²) in [5, 5.41) is 6.04. The molecular formula is C22H19F2N3OS. The fraction of sp³-hybridized carbons (Fsp3) is 0.182. The molecule has 0 fully saturated rings. The third kappa shape index (κ3) is 4.19. The maximum Gasteiger partial charge on any atom is 0.137 e. The largest absolute Gasteiger partial charge is 0.493 e. The average Bonchev–Trinajstić information content (AvgIpc) is 3.20. The van der Waals surface area contributed by atoms with Crippen LogP contribution in [0.4, 0.5) is 14.6 Å². The second kappa shape index (κ2) is 8.53. The molecule has 0 spiro atoms. The summed E-state index contributed by atoms with van der Waals surface area (Å²) in [6, 6.07) is 12.0. The Labute approximate surface area is 171 Å². The molecule has 0 radical (unpaired) electrons. The second-order valence-corrected chi connectivity index (χ2v) is 7.33. The number of benzene rings is 2. The van der Waals surface area contributed by atoms with Gasteiger partial charge >= 0.3 is 0 Å². The standard InChI is InChI=1S/C22H19F2N3OS/c1-2-28-15-10-20(29-12-15)19-11-21(27-13-26-19)25-8-7-17-18(23)9-14-5-3-4-6-16(14)22(17)24/h3-6,9-13H,2,7-8H2,1H3,(H,25,26,27). The number of nitrogens with zero attached hydrogens (tertiary/aromatic N) is 2. The number of anilines is 1. The predicted molar refractivity (Wildman–Crippen MR) is 113 cm³/mol. The van der Waals surface area contributed by atoms with E-state index in [1.165, 1.54) is 23.7 Å². The van der Waals surface area contributed by atoms with Gasteiger partial charge in [-0.05, 0) is 24.8 Å². The van der Waals surface area contributed by atoms with Gasteiger partial charge in [0.15, 0.2) is 0 Å². The fourth-order valence-corrected chi connectivity index (χ4v) is 3.94. The topological polar surface area (TPSA) is 47.0 Å². The quantitative estimate of drug-likeness (QED) is 0.424. The number of hydrogen-bond acceptors (Lipinski definition) is 5. The molecule has 4 rings (SSSR count). The SMILES string of the molecule is CCOc1csc(-c2cc(NCCc3c(F)cc4ccccc4c3F)ncn2)c1. The molecule has 0 saturated carbocycles. The molecule has 0 aliphatic rings. The van der Waals surface area contributed by atoms with Crippen LogP contribution in [-0.2, 0) is 6.42 Å². The minimum Gasteiger partial charge on any atom is -0.493 e. The molecule has 4 aromatic rings. The first-order valence-electron chi connectivity index (χ1n) is 9.29. The highest BCUT2D eigenvalue weighted by Gasteiger charge is 2.13. The first-order valence-corrected chi connectivity index (χ1v) is 10.2. The van der Waals surface area contributed by atoms with E-state index in [0.29, 0.717) is 29.7 Å². The number of hydrogen-bond donors (Lipinski definition) is 1. The van der Waals surface area contributed by atoms with Gasteiger partial charge in [0, 0.05) is 35.0 Å². The summed E-state index contributed by atoms with van der Waals surface area (Å²) >= 11 is 1.53. The maximum atomic E-state index is 14.7. The van der Waals surface area contributed by atoms with Crippen molar-refractivity contribution < 1.29 is 13.5 Å². The third-order valence-corrected chi connectivity index (χ3v) is 5.45. The van der Waals surface area contributed by atoms with Gasteiger partial charge in [-0.15, -0.1) is 11.3 Å². The third-order valence-electron chi connectivity index (χ3n) is 4.52. The first kappa shape index (κ1) is 19.3. The fourth-order valence-electron chi connectivity index (χ4n) is 3.14. The van der Waals surface area contributed by atoms with E-state index in [-0.39, 0.29) is 12.0 Å². The number of nitrogens with one attached hydrogen (secondary N) is 1. The van der Waals surface area contributed by atoms with Crippen LogP contribution >= 0.6 is 11.3 Å². The monoisotopic (exact) mass is 411 g/mol. The molecule has 0 aliphatic heterocycles. The van der Waals surface area contributed by atoms with Crippen molar-refractivity contribution in [3.05, 3.63) is 71.4 Å². The summed E-state index contributed by atoms with van der Waals surface area (Å²) in [5.74, 6) is 0.368. The predicted octanol–water partition coefficient (Wildman–Crippen LogP) is 5.69. The molecule has 0 saturated heterocycles. The molecule has 148 valence electrons. The Morgan fingerprint density at radius 3 is 2.83 bits per heavy atom. The van der Waals surface area contributed by atoms with Crippen LogP contribution in [0.25, 0.3) is 21.3 Å². The number of halogens is 2. The van der Waals surface area contributed by atoms with Gasteiger partial charge in [0.1, 0.15) is 29.5 Å². The van der Waals surface area contributed by atoms with E-state index in [1.54, 1.807) is 24.3 Å². The van der Waals surface area contributed by atoms with Crippen molar-refractivity contribution in [2.75, 3.05) is 18.5 Å². The van der Waals surface area contributed by atoms with Crippen molar-refractivity contribution in [2.24, 2.45) is 0 Å². The maximum absolute atomic E-state index is 14.7. The minimum absolute atomic E-state index is 0.0742. The van der Waals surface area contributed by atoms with E-state index in [1.807, 2.05) is 24.4 Å². The molecule has 2 heterocycles. The summed E-state index contributed by atoms with van der Waals surface area (Å²) in [4.78, 5) is 9.46. The average molecular weight is 411 g/mol. The lowest BCUT2D eigenvalue weighted by atomic mass is 10.0. The minimum atomic E-state index is -0.534. The van der Waals surface area contributed by atoms with Gasteiger partial charge in [0.2, 0.25) is 0 Å². The lowest BCUT2D eigenvalue weighted by molar-refractivity contribution is 0.342. The number of fused-ring (bicyclic) bond motifs is 1. The van der Waals surface area contributed by atoms with Crippen LogP contribution < -0.4 is 10.1 Å². The Morgan fingerprint density at radius 1 is 1.10 bits per heavy atom. The summed E-state index contributed by atoms with van der Waals surface area (Å²) in [6.07, 6.45) is 1.67. The molecule has 29 heavy (non-hydrogen) atoms. The van der Waals surface area contributed by atoms with E-state index >= 15 is 0 Å². The van der Waals surface area contributed by atoms with Crippen molar-refractivity contribution in [3.8, 4) is 16.3 Å². The molecular weight excluding hydrogens is 392 g/mol.